The fraction of sp³-hybridized carbons (Fsp3) is 1.00. The molecule has 0 aromatic rings. The van der Waals surface area contributed by atoms with E-state index < -0.39 is 0 Å². The zero-order valence-electron chi connectivity index (χ0n) is 11.9. The molecule has 0 N–H and O–H groups in total. The van der Waals surface area contributed by atoms with Crippen molar-refractivity contribution in [2.45, 2.75) is 58.8 Å². The van der Waals surface area contributed by atoms with Crippen molar-refractivity contribution in [3.8, 4) is 0 Å². The van der Waals surface area contributed by atoms with Gasteiger partial charge in [-0.2, -0.15) is 0 Å². The fourth-order valence-electron chi connectivity index (χ4n) is 2.83. The SMILES string of the molecule is CCCCPCC1CCCC1CPCCCC. The molecule has 1 aliphatic rings. The minimum atomic E-state index is 1.12. The topological polar surface area (TPSA) is 0 Å². The van der Waals surface area contributed by atoms with E-state index in [1.54, 1.807) is 25.2 Å². The van der Waals surface area contributed by atoms with E-state index in [2.05, 4.69) is 13.8 Å². The molecule has 1 aliphatic carbocycles. The van der Waals surface area contributed by atoms with Crippen LogP contribution in [-0.4, -0.2) is 24.6 Å². The largest absolute Gasteiger partial charge is 0.122 e. The highest BCUT2D eigenvalue weighted by molar-refractivity contribution is 7.38. The summed E-state index contributed by atoms with van der Waals surface area (Å²) in [5.41, 5.74) is 0. The number of unbranched alkanes of at least 4 members (excludes halogenated alkanes) is 2. The molecule has 1 saturated carbocycles. The number of hydrogen-bond acceptors (Lipinski definition) is 0. The summed E-state index contributed by atoms with van der Waals surface area (Å²) in [4.78, 5) is 0. The van der Waals surface area contributed by atoms with E-state index in [9.17, 15) is 0 Å². The Balaban J connectivity index is 2.06. The van der Waals surface area contributed by atoms with Gasteiger partial charge in [0.05, 0.1) is 0 Å². The van der Waals surface area contributed by atoms with Gasteiger partial charge in [0.25, 0.3) is 0 Å². The summed E-state index contributed by atoms with van der Waals surface area (Å²) >= 11 is 0. The third-order valence-corrected chi connectivity index (χ3v) is 7.08. The first-order chi connectivity index (χ1) is 8.38. The van der Waals surface area contributed by atoms with E-state index >= 15 is 0 Å². The lowest BCUT2D eigenvalue weighted by atomic mass is 10.0. The molecule has 0 heterocycles. The van der Waals surface area contributed by atoms with Crippen LogP contribution in [0.25, 0.3) is 0 Å². The Morgan fingerprint density at radius 2 is 1.29 bits per heavy atom. The Hall–Kier alpha value is 0.860. The van der Waals surface area contributed by atoms with E-state index in [1.807, 2.05) is 0 Å². The highest BCUT2D eigenvalue weighted by atomic mass is 31.1. The third kappa shape index (κ3) is 7.12. The molecule has 102 valence electrons. The molecule has 0 aromatic heterocycles. The summed E-state index contributed by atoms with van der Waals surface area (Å²) in [5.74, 6) is 2.25. The van der Waals surface area contributed by atoms with Gasteiger partial charge in [-0.3, -0.25) is 0 Å². The lowest BCUT2D eigenvalue weighted by Crippen LogP contribution is -2.12. The second-order valence-electron chi connectivity index (χ2n) is 5.57. The fourth-order valence-corrected chi connectivity index (χ4v) is 6.26. The minimum absolute atomic E-state index is 1.12. The maximum absolute atomic E-state index is 2.32. The predicted octanol–water partition coefficient (Wildman–Crippen LogP) is 5.36. The lowest BCUT2D eigenvalue weighted by molar-refractivity contribution is 0.469. The minimum Gasteiger partial charge on any atom is -0.122 e. The second kappa shape index (κ2) is 10.8. The summed E-state index contributed by atoms with van der Waals surface area (Å²) < 4.78 is 0. The molecule has 4 unspecified atom stereocenters. The van der Waals surface area contributed by atoms with Crippen molar-refractivity contribution in [1.29, 1.82) is 0 Å². The van der Waals surface area contributed by atoms with Crippen LogP contribution in [0.1, 0.15) is 58.8 Å². The van der Waals surface area contributed by atoms with Gasteiger partial charge in [0.1, 0.15) is 0 Å². The number of rotatable bonds is 10. The second-order valence-corrected chi connectivity index (χ2v) is 8.38. The summed E-state index contributed by atoms with van der Waals surface area (Å²) in [6.07, 6.45) is 16.5. The monoisotopic (exact) mass is 274 g/mol. The van der Waals surface area contributed by atoms with Crippen LogP contribution in [0.3, 0.4) is 0 Å². The van der Waals surface area contributed by atoms with Crippen molar-refractivity contribution >= 4 is 17.2 Å². The van der Waals surface area contributed by atoms with Crippen molar-refractivity contribution < 1.29 is 0 Å². The van der Waals surface area contributed by atoms with Gasteiger partial charge in [-0.1, -0.05) is 33.1 Å². The van der Waals surface area contributed by atoms with Crippen LogP contribution >= 0.6 is 17.2 Å². The molecule has 1 rings (SSSR count). The maximum atomic E-state index is 2.32. The van der Waals surface area contributed by atoms with E-state index in [0.29, 0.717) is 0 Å². The quantitative estimate of drug-likeness (QED) is 0.371. The molecule has 2 heteroatoms. The van der Waals surface area contributed by atoms with E-state index in [4.69, 9.17) is 0 Å². The zero-order chi connectivity index (χ0) is 12.3. The summed E-state index contributed by atoms with van der Waals surface area (Å²) in [6, 6.07) is 0. The van der Waals surface area contributed by atoms with Gasteiger partial charge in [0.2, 0.25) is 0 Å². The standard InChI is InChI=1S/C15H32P2/c1-3-5-10-16-12-14-8-7-9-15(14)13-17-11-6-4-2/h14-17H,3-13H2,1-2H3. The van der Waals surface area contributed by atoms with E-state index in [1.165, 1.54) is 61.6 Å². The van der Waals surface area contributed by atoms with Crippen LogP contribution in [0.2, 0.25) is 0 Å². The molecule has 0 nitrogen and oxygen atoms in total. The molecule has 0 spiro atoms. The highest BCUT2D eigenvalue weighted by Gasteiger charge is 2.25. The molecule has 17 heavy (non-hydrogen) atoms. The Morgan fingerprint density at radius 1 is 0.824 bits per heavy atom. The van der Waals surface area contributed by atoms with Crippen LogP contribution in [-0.2, 0) is 0 Å². The first kappa shape index (κ1) is 15.9. The molecule has 1 fully saturated rings. The van der Waals surface area contributed by atoms with Crippen molar-refractivity contribution in [2.24, 2.45) is 11.8 Å². The van der Waals surface area contributed by atoms with Crippen LogP contribution in [0.5, 0.6) is 0 Å². The number of hydrogen-bond donors (Lipinski definition) is 0. The van der Waals surface area contributed by atoms with Crippen molar-refractivity contribution in [2.75, 3.05) is 24.6 Å². The summed E-state index contributed by atoms with van der Waals surface area (Å²) in [6.45, 7) is 4.63. The van der Waals surface area contributed by atoms with Gasteiger partial charge in [-0.05, 0) is 62.2 Å². The van der Waals surface area contributed by atoms with Crippen molar-refractivity contribution in [3.63, 3.8) is 0 Å². The first-order valence-corrected chi connectivity index (χ1v) is 10.6. The molecule has 0 radical (unpaired) electrons. The highest BCUT2D eigenvalue weighted by Crippen LogP contribution is 2.39. The van der Waals surface area contributed by atoms with Gasteiger partial charge in [-0.25, -0.2) is 0 Å². The molecule has 0 aromatic carbocycles. The van der Waals surface area contributed by atoms with E-state index in [0.717, 1.165) is 11.8 Å². The Morgan fingerprint density at radius 3 is 1.71 bits per heavy atom. The summed E-state index contributed by atoms with van der Waals surface area (Å²) in [7, 11) is 2.53. The van der Waals surface area contributed by atoms with Crippen LogP contribution in [0.4, 0.5) is 0 Å². The third-order valence-electron chi connectivity index (χ3n) is 4.04. The van der Waals surface area contributed by atoms with Gasteiger partial charge in [-0.15, -0.1) is 17.2 Å². The average molecular weight is 274 g/mol. The zero-order valence-corrected chi connectivity index (χ0v) is 13.9. The molecule has 0 saturated heterocycles. The smallest absolute Gasteiger partial charge is 0.0322 e. The normalized spacial score (nSPS) is 25.8. The maximum Gasteiger partial charge on any atom is -0.0322 e. The lowest BCUT2D eigenvalue weighted by Gasteiger charge is -2.19. The molecular formula is C15H32P2. The van der Waals surface area contributed by atoms with Crippen LogP contribution in [0, 0.1) is 11.8 Å². The van der Waals surface area contributed by atoms with E-state index in [-0.39, 0.29) is 0 Å². The van der Waals surface area contributed by atoms with Crippen LogP contribution < -0.4 is 0 Å². The predicted molar refractivity (Wildman–Crippen MR) is 86.7 cm³/mol. The Kier molecular flexibility index (Phi) is 10.1. The van der Waals surface area contributed by atoms with Crippen LogP contribution in [0.15, 0.2) is 0 Å². The van der Waals surface area contributed by atoms with Crippen molar-refractivity contribution in [3.05, 3.63) is 0 Å². The summed E-state index contributed by atoms with van der Waals surface area (Å²) in [5, 5.41) is 0. The average Bonchev–Trinajstić information content (AvgIpc) is 2.78. The Bertz CT molecular complexity index is 152. The van der Waals surface area contributed by atoms with Gasteiger partial charge in [0, 0.05) is 0 Å². The molecule has 0 amide bonds. The molecular weight excluding hydrogens is 242 g/mol. The van der Waals surface area contributed by atoms with Gasteiger partial charge in [0.15, 0.2) is 0 Å². The molecule has 0 bridgehead atoms. The van der Waals surface area contributed by atoms with Gasteiger partial charge < -0.3 is 0 Å². The molecule has 0 aliphatic heterocycles. The first-order valence-electron chi connectivity index (χ1n) is 7.79. The van der Waals surface area contributed by atoms with Crippen molar-refractivity contribution in [1.82, 2.24) is 0 Å². The van der Waals surface area contributed by atoms with Gasteiger partial charge >= 0.3 is 0 Å². The Labute approximate surface area is 113 Å². The molecule has 4 atom stereocenters.